The predicted octanol–water partition coefficient (Wildman–Crippen LogP) is 4.69. The molecule has 130 valence electrons. The van der Waals surface area contributed by atoms with Crippen LogP contribution in [0.1, 0.15) is 29.9 Å². The van der Waals surface area contributed by atoms with Gasteiger partial charge in [-0.15, -0.1) is 23.7 Å². The summed E-state index contributed by atoms with van der Waals surface area (Å²) in [7, 11) is 0. The minimum atomic E-state index is -0.0375. The first kappa shape index (κ1) is 19.3. The maximum absolute atomic E-state index is 12.8. The van der Waals surface area contributed by atoms with Gasteiger partial charge >= 0.3 is 0 Å². The highest BCUT2D eigenvalue weighted by atomic mass is 35.5. The summed E-state index contributed by atoms with van der Waals surface area (Å²) in [5.74, 6) is 0.107. The van der Waals surface area contributed by atoms with Gasteiger partial charge in [-0.1, -0.05) is 37.6 Å². The quantitative estimate of drug-likeness (QED) is 0.815. The van der Waals surface area contributed by atoms with Gasteiger partial charge in [0, 0.05) is 29.0 Å². The van der Waals surface area contributed by atoms with Crippen molar-refractivity contribution in [3.05, 3.63) is 46.3 Å². The molecule has 2 aromatic rings. The molecule has 1 atom stereocenters. The van der Waals surface area contributed by atoms with Gasteiger partial charge in [0.05, 0.1) is 4.88 Å². The maximum atomic E-state index is 12.8. The predicted molar refractivity (Wildman–Crippen MR) is 104 cm³/mol. The fraction of sp³-hybridized carbons (Fsp3) is 0.389. The third-order valence-corrected chi connectivity index (χ3v) is 5.92. The Morgan fingerprint density at radius 2 is 1.92 bits per heavy atom. The van der Waals surface area contributed by atoms with Crippen LogP contribution in [-0.2, 0) is 0 Å². The number of nitrogens with two attached hydrogens (primary N) is 1. The zero-order valence-electron chi connectivity index (χ0n) is 13.8. The Morgan fingerprint density at radius 1 is 1.25 bits per heavy atom. The van der Waals surface area contributed by atoms with Crippen molar-refractivity contribution < 1.29 is 4.79 Å². The molecule has 3 nitrogen and oxygen atoms in total. The average Bonchev–Trinajstić information content (AvgIpc) is 3.00. The molecule has 0 bridgehead atoms. The molecule has 2 heterocycles. The van der Waals surface area contributed by atoms with Crippen LogP contribution in [-0.4, -0.2) is 29.9 Å². The van der Waals surface area contributed by atoms with Crippen molar-refractivity contribution in [2.24, 2.45) is 11.1 Å². The fourth-order valence-corrected chi connectivity index (χ4v) is 4.03. The molecule has 1 amide bonds. The molecule has 0 saturated carbocycles. The van der Waals surface area contributed by atoms with E-state index in [1.54, 1.807) is 0 Å². The Kier molecular flexibility index (Phi) is 5.97. The molecule has 1 aliphatic heterocycles. The molecule has 2 N–H and O–H groups in total. The van der Waals surface area contributed by atoms with Crippen molar-refractivity contribution in [3.63, 3.8) is 0 Å². The third-order valence-electron chi connectivity index (χ3n) is 4.54. The van der Waals surface area contributed by atoms with Crippen LogP contribution in [0.5, 0.6) is 0 Å². The number of amides is 1. The summed E-state index contributed by atoms with van der Waals surface area (Å²) in [6.45, 7) is 5.70. The number of rotatable bonds is 2. The van der Waals surface area contributed by atoms with E-state index < -0.39 is 0 Å². The molecule has 1 aromatic carbocycles. The number of nitrogens with zero attached hydrogens (tertiary/aromatic N) is 1. The van der Waals surface area contributed by atoms with Crippen molar-refractivity contribution >= 4 is 41.3 Å². The van der Waals surface area contributed by atoms with Gasteiger partial charge in [-0.25, -0.2) is 0 Å². The lowest BCUT2D eigenvalue weighted by molar-refractivity contribution is 0.0537. The summed E-state index contributed by atoms with van der Waals surface area (Å²) in [5.41, 5.74) is 7.21. The van der Waals surface area contributed by atoms with Crippen LogP contribution < -0.4 is 5.73 Å². The van der Waals surface area contributed by atoms with Gasteiger partial charge in [-0.2, -0.15) is 0 Å². The molecule has 1 saturated heterocycles. The highest BCUT2D eigenvalue weighted by Gasteiger charge is 2.35. The van der Waals surface area contributed by atoms with Gasteiger partial charge in [0.1, 0.15) is 0 Å². The van der Waals surface area contributed by atoms with E-state index in [0.29, 0.717) is 11.6 Å². The van der Waals surface area contributed by atoms with E-state index in [9.17, 15) is 4.79 Å². The van der Waals surface area contributed by atoms with E-state index >= 15 is 0 Å². The summed E-state index contributed by atoms with van der Waals surface area (Å²) in [6.07, 6.45) is 0.855. The van der Waals surface area contributed by atoms with E-state index in [1.165, 1.54) is 11.3 Å². The number of piperidine rings is 1. The number of hydrogen-bond acceptors (Lipinski definition) is 3. The zero-order chi connectivity index (χ0) is 16.6. The van der Waals surface area contributed by atoms with E-state index in [1.807, 2.05) is 41.3 Å². The van der Waals surface area contributed by atoms with Crippen molar-refractivity contribution in [1.82, 2.24) is 4.90 Å². The smallest absolute Gasteiger partial charge is 0.263 e. The average molecular weight is 385 g/mol. The van der Waals surface area contributed by atoms with Gasteiger partial charge in [0.25, 0.3) is 5.91 Å². The molecule has 24 heavy (non-hydrogen) atoms. The van der Waals surface area contributed by atoms with E-state index in [0.717, 1.165) is 28.3 Å². The molecule has 1 aromatic heterocycles. The fourth-order valence-electron chi connectivity index (χ4n) is 2.93. The third kappa shape index (κ3) is 3.94. The lowest BCUT2D eigenvalue weighted by atomic mass is 9.79. The van der Waals surface area contributed by atoms with Crippen molar-refractivity contribution in [1.29, 1.82) is 0 Å². The molecular formula is C18H22Cl2N2OS. The number of carbonyl (C=O) groups excluding carboxylic acids is 1. The largest absolute Gasteiger partial charge is 0.337 e. The first-order chi connectivity index (χ1) is 10.9. The second-order valence-corrected chi connectivity index (χ2v) is 8.30. The molecule has 0 radical (unpaired) electrons. The van der Waals surface area contributed by atoms with Gasteiger partial charge in [-0.05, 0) is 41.7 Å². The molecule has 0 spiro atoms. The molecule has 1 unspecified atom stereocenters. The number of halogens is 2. The van der Waals surface area contributed by atoms with Crippen LogP contribution in [0.3, 0.4) is 0 Å². The van der Waals surface area contributed by atoms with E-state index in [4.69, 9.17) is 17.3 Å². The van der Waals surface area contributed by atoms with E-state index in [2.05, 4.69) is 13.8 Å². The maximum Gasteiger partial charge on any atom is 0.263 e. The second kappa shape index (κ2) is 7.44. The number of hydrogen-bond donors (Lipinski definition) is 1. The first-order valence-electron chi connectivity index (χ1n) is 7.77. The van der Waals surface area contributed by atoms with Crippen LogP contribution in [0.15, 0.2) is 36.4 Å². The number of likely N-dealkylation sites (tertiary alicyclic amines) is 1. The second-order valence-electron chi connectivity index (χ2n) is 6.78. The monoisotopic (exact) mass is 384 g/mol. The standard InChI is InChI=1S/C18H21ClN2OS.ClH/c1-18(2)11-21(10-9-16(18)20)17(22)15-8-7-14(23-15)12-3-5-13(19)6-4-12;/h3-8,16H,9-11,20H2,1-2H3;1H. The first-order valence-corrected chi connectivity index (χ1v) is 8.97. The Bertz CT molecular complexity index is 712. The normalized spacial score (nSPS) is 19.7. The number of benzene rings is 1. The topological polar surface area (TPSA) is 46.3 Å². The zero-order valence-corrected chi connectivity index (χ0v) is 16.2. The molecule has 1 aliphatic rings. The Labute approximate surface area is 158 Å². The van der Waals surface area contributed by atoms with Gasteiger partial charge < -0.3 is 10.6 Å². The summed E-state index contributed by atoms with van der Waals surface area (Å²) in [6, 6.07) is 11.8. The van der Waals surface area contributed by atoms with Crippen molar-refractivity contribution in [2.45, 2.75) is 26.3 Å². The van der Waals surface area contributed by atoms with Crippen LogP contribution in [0.2, 0.25) is 5.02 Å². The minimum Gasteiger partial charge on any atom is -0.337 e. The Hall–Kier alpha value is -1.07. The number of carbonyl (C=O) groups is 1. The molecule has 3 rings (SSSR count). The van der Waals surface area contributed by atoms with Crippen LogP contribution in [0, 0.1) is 5.41 Å². The van der Waals surface area contributed by atoms with Crippen molar-refractivity contribution in [3.8, 4) is 10.4 Å². The lowest BCUT2D eigenvalue weighted by Gasteiger charge is -2.42. The van der Waals surface area contributed by atoms with Crippen LogP contribution >= 0.6 is 35.3 Å². The van der Waals surface area contributed by atoms with Crippen LogP contribution in [0.4, 0.5) is 0 Å². The Morgan fingerprint density at radius 3 is 2.54 bits per heavy atom. The minimum absolute atomic E-state index is 0. The highest BCUT2D eigenvalue weighted by molar-refractivity contribution is 7.17. The van der Waals surface area contributed by atoms with Gasteiger partial charge in [0.15, 0.2) is 0 Å². The number of thiophene rings is 1. The summed E-state index contributed by atoms with van der Waals surface area (Å²) in [5, 5.41) is 0.716. The summed E-state index contributed by atoms with van der Waals surface area (Å²) < 4.78 is 0. The molecule has 1 fully saturated rings. The molecule has 0 aliphatic carbocycles. The molecule has 6 heteroatoms. The van der Waals surface area contributed by atoms with Crippen molar-refractivity contribution in [2.75, 3.05) is 13.1 Å². The summed E-state index contributed by atoms with van der Waals surface area (Å²) >= 11 is 7.46. The SMILES string of the molecule is CC1(C)CN(C(=O)c2ccc(-c3ccc(Cl)cc3)s2)CCC1N.Cl. The van der Waals surface area contributed by atoms with Gasteiger partial charge in [0.2, 0.25) is 0 Å². The Balaban J connectivity index is 0.00000208. The summed E-state index contributed by atoms with van der Waals surface area (Å²) in [4.78, 5) is 16.6. The van der Waals surface area contributed by atoms with E-state index in [-0.39, 0.29) is 29.8 Å². The van der Waals surface area contributed by atoms with Gasteiger partial charge in [-0.3, -0.25) is 4.79 Å². The van der Waals surface area contributed by atoms with Crippen LogP contribution in [0.25, 0.3) is 10.4 Å². The molecular weight excluding hydrogens is 363 g/mol. The highest BCUT2D eigenvalue weighted by Crippen LogP contribution is 2.32. The lowest BCUT2D eigenvalue weighted by Crippen LogP contribution is -2.53.